The molecule has 5 heteroatoms. The van der Waals surface area contributed by atoms with E-state index in [1.807, 2.05) is 25.1 Å². The van der Waals surface area contributed by atoms with Crippen LogP contribution in [0.2, 0.25) is 0 Å². The first-order valence-electron chi connectivity index (χ1n) is 7.30. The van der Waals surface area contributed by atoms with Crippen molar-refractivity contribution in [3.8, 4) is 0 Å². The van der Waals surface area contributed by atoms with Gasteiger partial charge < -0.3 is 0 Å². The summed E-state index contributed by atoms with van der Waals surface area (Å²) in [5.74, 6) is 0. The summed E-state index contributed by atoms with van der Waals surface area (Å²) >= 11 is 2.18. The van der Waals surface area contributed by atoms with E-state index in [2.05, 4.69) is 34.2 Å². The van der Waals surface area contributed by atoms with Crippen LogP contribution in [0.5, 0.6) is 0 Å². The Morgan fingerprint density at radius 3 is 2.36 bits per heavy atom. The van der Waals surface area contributed by atoms with Crippen LogP contribution in [0.1, 0.15) is 30.9 Å². The van der Waals surface area contributed by atoms with Gasteiger partial charge in [-0.15, -0.1) is 0 Å². The predicted molar refractivity (Wildman–Crippen MR) is 99.8 cm³/mol. The van der Waals surface area contributed by atoms with Crippen LogP contribution in [0.15, 0.2) is 47.4 Å². The Hall–Kier alpha value is -1.08. The Morgan fingerprint density at radius 2 is 1.77 bits per heavy atom. The Morgan fingerprint density at radius 1 is 1.09 bits per heavy atom. The molecule has 0 aliphatic rings. The van der Waals surface area contributed by atoms with Crippen LogP contribution in [-0.4, -0.2) is 8.42 Å². The molecule has 0 saturated heterocycles. The Labute approximate surface area is 146 Å². The molecule has 0 fully saturated rings. The lowest BCUT2D eigenvalue weighted by Gasteiger charge is -2.11. The zero-order valence-corrected chi connectivity index (χ0v) is 15.7. The second-order valence-corrected chi connectivity index (χ2v) is 8.18. The van der Waals surface area contributed by atoms with Crippen molar-refractivity contribution in [2.45, 2.75) is 38.0 Å². The first-order chi connectivity index (χ1) is 10.4. The SMILES string of the molecule is CCCCc1ccc(NS(=O)(=O)c2ccc(C)cc2)c(I)c1. The Bertz CT molecular complexity index is 740. The number of hydrogen-bond donors (Lipinski definition) is 1. The van der Waals surface area contributed by atoms with Crippen LogP contribution in [-0.2, 0) is 16.4 Å². The van der Waals surface area contributed by atoms with Crippen LogP contribution in [0.25, 0.3) is 0 Å². The van der Waals surface area contributed by atoms with Gasteiger partial charge in [0.2, 0.25) is 0 Å². The second kappa shape index (κ2) is 7.46. The maximum absolute atomic E-state index is 12.4. The van der Waals surface area contributed by atoms with Gasteiger partial charge in [0.25, 0.3) is 10.0 Å². The van der Waals surface area contributed by atoms with Crippen molar-refractivity contribution in [2.75, 3.05) is 4.72 Å². The first-order valence-corrected chi connectivity index (χ1v) is 9.86. The average Bonchev–Trinajstić information content (AvgIpc) is 2.48. The molecule has 2 aromatic rings. The quantitative estimate of drug-likeness (QED) is 0.675. The lowest BCUT2D eigenvalue weighted by molar-refractivity contribution is 0.601. The lowest BCUT2D eigenvalue weighted by Crippen LogP contribution is -2.13. The molecule has 0 spiro atoms. The number of rotatable bonds is 6. The van der Waals surface area contributed by atoms with Gasteiger partial charge in [-0.3, -0.25) is 4.72 Å². The van der Waals surface area contributed by atoms with Crippen LogP contribution in [0.3, 0.4) is 0 Å². The summed E-state index contributed by atoms with van der Waals surface area (Å²) in [4.78, 5) is 0.281. The van der Waals surface area contributed by atoms with E-state index >= 15 is 0 Å². The van der Waals surface area contributed by atoms with Gasteiger partial charge in [-0.2, -0.15) is 0 Å². The van der Waals surface area contributed by atoms with Gasteiger partial charge >= 0.3 is 0 Å². The fourth-order valence-corrected chi connectivity index (χ4v) is 4.08. The predicted octanol–water partition coefficient (Wildman–Crippen LogP) is 4.74. The largest absolute Gasteiger partial charge is 0.279 e. The first kappa shape index (κ1) is 17.3. The molecule has 3 nitrogen and oxygen atoms in total. The molecule has 0 heterocycles. The normalized spacial score (nSPS) is 11.4. The molecule has 0 amide bonds. The van der Waals surface area contributed by atoms with E-state index in [1.54, 1.807) is 24.3 Å². The van der Waals surface area contributed by atoms with Crippen molar-refractivity contribution >= 4 is 38.3 Å². The van der Waals surface area contributed by atoms with Crippen LogP contribution in [0.4, 0.5) is 5.69 Å². The molecule has 2 rings (SSSR count). The van der Waals surface area contributed by atoms with E-state index in [1.165, 1.54) is 5.56 Å². The smallest absolute Gasteiger partial charge is 0.261 e. The van der Waals surface area contributed by atoms with E-state index in [0.29, 0.717) is 5.69 Å². The van der Waals surface area contributed by atoms with Gasteiger partial charge in [0, 0.05) is 3.57 Å². The summed E-state index contributed by atoms with van der Waals surface area (Å²) < 4.78 is 28.4. The molecular formula is C17H20INO2S. The van der Waals surface area contributed by atoms with Crippen LogP contribution < -0.4 is 4.72 Å². The van der Waals surface area contributed by atoms with Crippen molar-refractivity contribution in [1.82, 2.24) is 0 Å². The molecule has 22 heavy (non-hydrogen) atoms. The number of anilines is 1. The molecule has 0 aliphatic carbocycles. The minimum absolute atomic E-state index is 0.281. The summed E-state index contributed by atoms with van der Waals surface area (Å²) in [6.45, 7) is 4.09. The standard InChI is InChI=1S/C17H20INO2S/c1-3-4-5-14-8-11-17(16(18)12-14)19-22(20,21)15-9-6-13(2)7-10-15/h6-12,19H,3-5H2,1-2H3. The van der Waals surface area contributed by atoms with Crippen LogP contribution in [0, 0.1) is 10.5 Å². The third-order valence-electron chi connectivity index (χ3n) is 3.43. The number of aryl methyl sites for hydroxylation is 2. The van der Waals surface area contributed by atoms with E-state index < -0.39 is 10.0 Å². The number of halogens is 1. The monoisotopic (exact) mass is 429 g/mol. The van der Waals surface area contributed by atoms with Gasteiger partial charge in [0.1, 0.15) is 0 Å². The van der Waals surface area contributed by atoms with E-state index in [-0.39, 0.29) is 4.90 Å². The highest BCUT2D eigenvalue weighted by Gasteiger charge is 2.15. The van der Waals surface area contributed by atoms with E-state index in [0.717, 1.165) is 28.4 Å². The molecule has 0 aliphatic heterocycles. The van der Waals surface area contributed by atoms with Gasteiger partial charge in [0.05, 0.1) is 10.6 Å². The molecule has 0 radical (unpaired) electrons. The van der Waals surface area contributed by atoms with Crippen molar-refractivity contribution in [3.63, 3.8) is 0 Å². The fraction of sp³-hybridized carbons (Fsp3) is 0.294. The average molecular weight is 429 g/mol. The molecule has 0 bridgehead atoms. The number of nitrogens with one attached hydrogen (secondary N) is 1. The third-order valence-corrected chi connectivity index (χ3v) is 5.70. The van der Waals surface area contributed by atoms with Gasteiger partial charge in [-0.05, 0) is 72.2 Å². The zero-order valence-electron chi connectivity index (χ0n) is 12.8. The highest BCUT2D eigenvalue weighted by atomic mass is 127. The molecule has 0 aromatic heterocycles. The molecule has 0 atom stereocenters. The molecule has 0 unspecified atom stereocenters. The van der Waals surface area contributed by atoms with Crippen molar-refractivity contribution in [1.29, 1.82) is 0 Å². The summed E-state index contributed by atoms with van der Waals surface area (Å²) in [5, 5.41) is 0. The molecule has 2 aromatic carbocycles. The lowest BCUT2D eigenvalue weighted by atomic mass is 10.1. The number of unbranched alkanes of at least 4 members (excludes halogenated alkanes) is 1. The molecular weight excluding hydrogens is 409 g/mol. The van der Waals surface area contributed by atoms with Gasteiger partial charge in [-0.1, -0.05) is 37.1 Å². The van der Waals surface area contributed by atoms with Crippen molar-refractivity contribution in [2.24, 2.45) is 0 Å². The number of benzene rings is 2. The van der Waals surface area contributed by atoms with Gasteiger partial charge in [0.15, 0.2) is 0 Å². The minimum Gasteiger partial charge on any atom is -0.279 e. The highest BCUT2D eigenvalue weighted by molar-refractivity contribution is 14.1. The number of hydrogen-bond acceptors (Lipinski definition) is 2. The fourth-order valence-electron chi connectivity index (χ4n) is 2.10. The summed E-state index contributed by atoms with van der Waals surface area (Å²) in [6.07, 6.45) is 3.32. The van der Waals surface area contributed by atoms with Gasteiger partial charge in [-0.25, -0.2) is 8.42 Å². The van der Waals surface area contributed by atoms with E-state index in [9.17, 15) is 8.42 Å². The summed E-state index contributed by atoms with van der Waals surface area (Å²) in [5.41, 5.74) is 2.90. The number of sulfonamides is 1. The summed E-state index contributed by atoms with van der Waals surface area (Å²) in [7, 11) is -3.54. The second-order valence-electron chi connectivity index (χ2n) is 5.34. The molecule has 1 N–H and O–H groups in total. The van der Waals surface area contributed by atoms with Crippen LogP contribution >= 0.6 is 22.6 Å². The Kier molecular flexibility index (Phi) is 5.86. The minimum atomic E-state index is -3.54. The maximum Gasteiger partial charge on any atom is 0.261 e. The molecule has 118 valence electrons. The maximum atomic E-state index is 12.4. The highest BCUT2D eigenvalue weighted by Crippen LogP contribution is 2.24. The zero-order chi connectivity index (χ0) is 16.2. The topological polar surface area (TPSA) is 46.2 Å². The third kappa shape index (κ3) is 4.46. The van der Waals surface area contributed by atoms with E-state index in [4.69, 9.17) is 0 Å². The summed E-state index contributed by atoms with van der Waals surface area (Å²) in [6, 6.07) is 12.7. The molecule has 0 saturated carbocycles. The van der Waals surface area contributed by atoms with Crippen molar-refractivity contribution < 1.29 is 8.42 Å². The Balaban J connectivity index is 2.20. The van der Waals surface area contributed by atoms with Crippen molar-refractivity contribution in [3.05, 3.63) is 57.2 Å².